The monoisotopic (exact) mass is 523 g/mol. The van der Waals surface area contributed by atoms with Gasteiger partial charge in [-0.25, -0.2) is 28.4 Å². The van der Waals surface area contributed by atoms with Gasteiger partial charge in [-0.3, -0.25) is 4.57 Å². The number of sulfone groups is 1. The molecule has 3 aromatic heterocycles. The topological polar surface area (TPSA) is 118 Å². The summed E-state index contributed by atoms with van der Waals surface area (Å²) in [7, 11) is -0.217. The van der Waals surface area contributed by atoms with Crippen LogP contribution in [-0.2, 0) is 22.0 Å². The van der Waals surface area contributed by atoms with Gasteiger partial charge in [0.25, 0.3) is 0 Å². The molecule has 0 N–H and O–H groups in total. The van der Waals surface area contributed by atoms with Gasteiger partial charge >= 0.3 is 0 Å². The Morgan fingerprint density at radius 1 is 0.946 bits per heavy atom. The quantitative estimate of drug-likeness (QED) is 0.306. The Bertz CT molecular complexity index is 1540. The van der Waals surface area contributed by atoms with Gasteiger partial charge in [-0.05, 0) is 50.3 Å². The summed E-state index contributed by atoms with van der Waals surface area (Å²) in [6, 6.07) is 10.9. The Morgan fingerprint density at radius 3 is 2.27 bits per heavy atom. The number of ether oxygens (including phenoxy) is 3. The van der Waals surface area contributed by atoms with Crippen LogP contribution in [0.3, 0.4) is 0 Å². The number of hydrogen-bond donors (Lipinski definition) is 0. The Kier molecular flexibility index (Phi) is 6.72. The summed E-state index contributed by atoms with van der Waals surface area (Å²) in [5.41, 5.74) is 2.97. The van der Waals surface area contributed by atoms with Crippen LogP contribution in [0.25, 0.3) is 28.5 Å². The molecule has 11 heteroatoms. The summed E-state index contributed by atoms with van der Waals surface area (Å²) >= 11 is 0. The molecule has 1 aliphatic carbocycles. The van der Waals surface area contributed by atoms with E-state index in [9.17, 15) is 8.42 Å². The lowest BCUT2D eigenvalue weighted by Gasteiger charge is -2.16. The highest BCUT2D eigenvalue weighted by Gasteiger charge is 2.28. The molecule has 0 saturated heterocycles. The molecule has 0 bridgehead atoms. The number of nitrogens with zero attached hydrogens (tertiary/aromatic N) is 5. The fraction of sp³-hybridized carbons (Fsp3) is 0.385. The molecule has 1 saturated carbocycles. The van der Waals surface area contributed by atoms with Crippen LogP contribution in [0.5, 0.6) is 17.4 Å². The van der Waals surface area contributed by atoms with Crippen molar-refractivity contribution >= 4 is 21.1 Å². The zero-order valence-corrected chi connectivity index (χ0v) is 22.1. The molecule has 194 valence electrons. The van der Waals surface area contributed by atoms with Crippen LogP contribution in [0, 0.1) is 5.92 Å². The molecule has 3 heterocycles. The van der Waals surface area contributed by atoms with E-state index in [2.05, 4.69) is 4.98 Å². The van der Waals surface area contributed by atoms with Crippen molar-refractivity contribution in [2.45, 2.75) is 31.9 Å². The summed E-state index contributed by atoms with van der Waals surface area (Å²) in [5.74, 6) is 2.24. The van der Waals surface area contributed by atoms with Crippen molar-refractivity contribution in [3.05, 3.63) is 47.8 Å². The van der Waals surface area contributed by atoms with E-state index in [0.29, 0.717) is 76.2 Å². The third-order valence-corrected chi connectivity index (χ3v) is 6.90. The molecule has 0 unspecified atom stereocenters. The standard InChI is InChI=1S/C26H29N5O5S/c1-5-36-22-11-6-8-17(27-22)25-30-24-26(31(25)23-20(34-2)9-7-10-21(23)35-3)29-19(15-37(4,32)33)18(28-24)14-16-12-13-16/h6-11,16H,5,12-15H2,1-4H3. The number of benzene rings is 1. The Morgan fingerprint density at radius 2 is 1.65 bits per heavy atom. The fourth-order valence-electron chi connectivity index (χ4n) is 4.29. The number of para-hydroxylation sites is 1. The van der Waals surface area contributed by atoms with E-state index in [-0.39, 0.29) is 5.75 Å². The minimum atomic E-state index is -3.35. The first kappa shape index (κ1) is 24.9. The average molecular weight is 524 g/mol. The van der Waals surface area contributed by atoms with Gasteiger partial charge in [0.15, 0.2) is 27.0 Å². The molecule has 10 nitrogen and oxygen atoms in total. The normalized spacial score (nSPS) is 13.6. The first-order valence-electron chi connectivity index (χ1n) is 12.1. The van der Waals surface area contributed by atoms with Crippen LogP contribution in [-0.4, -0.2) is 60.0 Å². The van der Waals surface area contributed by atoms with E-state index >= 15 is 0 Å². The maximum atomic E-state index is 12.3. The lowest BCUT2D eigenvalue weighted by molar-refractivity contribution is 0.327. The van der Waals surface area contributed by atoms with Crippen molar-refractivity contribution in [2.75, 3.05) is 27.1 Å². The lowest BCUT2D eigenvalue weighted by Crippen LogP contribution is -2.11. The Hall–Kier alpha value is -3.73. The molecule has 4 aromatic rings. The maximum absolute atomic E-state index is 12.3. The van der Waals surface area contributed by atoms with E-state index in [1.54, 1.807) is 24.9 Å². The largest absolute Gasteiger partial charge is 0.494 e. The molecule has 0 aliphatic heterocycles. The number of hydrogen-bond acceptors (Lipinski definition) is 9. The van der Waals surface area contributed by atoms with Crippen molar-refractivity contribution in [1.82, 2.24) is 24.5 Å². The van der Waals surface area contributed by atoms with E-state index < -0.39 is 9.84 Å². The lowest BCUT2D eigenvalue weighted by atomic mass is 10.2. The zero-order valence-electron chi connectivity index (χ0n) is 21.3. The summed E-state index contributed by atoms with van der Waals surface area (Å²) < 4.78 is 43.4. The van der Waals surface area contributed by atoms with Gasteiger partial charge < -0.3 is 14.2 Å². The molecule has 1 aromatic carbocycles. The van der Waals surface area contributed by atoms with Crippen molar-refractivity contribution in [3.8, 4) is 34.6 Å². The van der Waals surface area contributed by atoms with Crippen molar-refractivity contribution in [1.29, 1.82) is 0 Å². The van der Waals surface area contributed by atoms with E-state index in [0.717, 1.165) is 12.8 Å². The van der Waals surface area contributed by atoms with Gasteiger partial charge in [0, 0.05) is 12.3 Å². The summed E-state index contributed by atoms with van der Waals surface area (Å²) in [4.78, 5) is 19.2. The second-order valence-corrected chi connectivity index (χ2v) is 11.2. The maximum Gasteiger partial charge on any atom is 0.213 e. The van der Waals surface area contributed by atoms with Gasteiger partial charge in [0.05, 0.1) is 38.0 Å². The molecular formula is C26H29N5O5S. The van der Waals surface area contributed by atoms with E-state index in [1.807, 2.05) is 37.3 Å². The number of rotatable bonds is 10. The van der Waals surface area contributed by atoms with Gasteiger partial charge in [0.2, 0.25) is 5.88 Å². The second-order valence-electron chi connectivity index (χ2n) is 9.06. The molecule has 5 rings (SSSR count). The summed E-state index contributed by atoms with van der Waals surface area (Å²) in [6.45, 7) is 2.36. The van der Waals surface area contributed by atoms with Crippen LogP contribution in [0.2, 0.25) is 0 Å². The Balaban J connectivity index is 1.84. The van der Waals surface area contributed by atoms with E-state index in [1.165, 1.54) is 6.26 Å². The minimum Gasteiger partial charge on any atom is -0.494 e. The zero-order chi connectivity index (χ0) is 26.2. The van der Waals surface area contributed by atoms with Gasteiger partial charge in [-0.15, -0.1) is 0 Å². The van der Waals surface area contributed by atoms with Crippen LogP contribution < -0.4 is 14.2 Å². The summed E-state index contributed by atoms with van der Waals surface area (Å²) in [5, 5.41) is 0. The van der Waals surface area contributed by atoms with Crippen LogP contribution in [0.15, 0.2) is 36.4 Å². The first-order chi connectivity index (χ1) is 17.8. The summed E-state index contributed by atoms with van der Waals surface area (Å²) in [6.07, 6.45) is 4.08. The third kappa shape index (κ3) is 5.22. The van der Waals surface area contributed by atoms with Crippen LogP contribution in [0.4, 0.5) is 0 Å². The van der Waals surface area contributed by atoms with Crippen molar-refractivity contribution < 1.29 is 22.6 Å². The van der Waals surface area contributed by atoms with E-state index in [4.69, 9.17) is 29.2 Å². The fourth-order valence-corrected chi connectivity index (χ4v) is 5.01. The second kappa shape index (κ2) is 9.97. The number of methoxy groups -OCH3 is 2. The highest BCUT2D eigenvalue weighted by Crippen LogP contribution is 2.39. The van der Waals surface area contributed by atoms with Crippen LogP contribution in [0.1, 0.15) is 31.2 Å². The molecule has 0 atom stereocenters. The molecule has 1 fully saturated rings. The van der Waals surface area contributed by atoms with Gasteiger partial charge in [0.1, 0.15) is 22.9 Å². The predicted molar refractivity (Wildman–Crippen MR) is 139 cm³/mol. The van der Waals surface area contributed by atoms with Gasteiger partial charge in [-0.1, -0.05) is 12.1 Å². The highest BCUT2D eigenvalue weighted by atomic mass is 32.2. The van der Waals surface area contributed by atoms with Crippen LogP contribution >= 0.6 is 0 Å². The molecule has 0 spiro atoms. The SMILES string of the molecule is CCOc1cccc(-c2nc3nc(CC4CC4)c(CS(C)(=O)=O)nc3n2-c2c(OC)cccc2OC)n1. The number of fused-ring (bicyclic) bond motifs is 1. The third-order valence-electron chi connectivity index (χ3n) is 6.10. The number of pyridine rings is 1. The minimum absolute atomic E-state index is 0.209. The smallest absolute Gasteiger partial charge is 0.213 e. The highest BCUT2D eigenvalue weighted by molar-refractivity contribution is 7.89. The average Bonchev–Trinajstić information content (AvgIpc) is 3.62. The number of aromatic nitrogens is 5. The molecule has 0 amide bonds. The molecular weight excluding hydrogens is 494 g/mol. The number of imidazole rings is 1. The predicted octanol–water partition coefficient (Wildman–Crippen LogP) is 3.79. The molecule has 1 aliphatic rings. The van der Waals surface area contributed by atoms with Crippen molar-refractivity contribution in [3.63, 3.8) is 0 Å². The molecule has 37 heavy (non-hydrogen) atoms. The first-order valence-corrected chi connectivity index (χ1v) is 14.1. The molecule has 0 radical (unpaired) electrons. The van der Waals surface area contributed by atoms with Crippen molar-refractivity contribution in [2.24, 2.45) is 5.92 Å². The van der Waals surface area contributed by atoms with Gasteiger partial charge in [-0.2, -0.15) is 0 Å². The Labute approximate surface area is 215 Å².